The van der Waals surface area contributed by atoms with Crippen LogP contribution in [0.5, 0.6) is 0 Å². The minimum absolute atomic E-state index is 0.0972. The highest BCUT2D eigenvalue weighted by molar-refractivity contribution is 4.87. The smallest absolute Gasteiger partial charge is 0.0768 e. The van der Waals surface area contributed by atoms with Gasteiger partial charge in [0.15, 0.2) is 0 Å². The van der Waals surface area contributed by atoms with E-state index in [1.807, 2.05) is 0 Å². The zero-order chi connectivity index (χ0) is 12.4. The third-order valence-electron chi connectivity index (χ3n) is 3.47. The van der Waals surface area contributed by atoms with Gasteiger partial charge in [-0.1, -0.05) is 13.8 Å². The van der Waals surface area contributed by atoms with Crippen LogP contribution in [0.25, 0.3) is 0 Å². The number of morpholine rings is 1. The van der Waals surface area contributed by atoms with Gasteiger partial charge in [-0.25, -0.2) is 0 Å². The summed E-state index contributed by atoms with van der Waals surface area (Å²) in [6.45, 7) is 13.0. The van der Waals surface area contributed by atoms with Crippen LogP contribution in [0.3, 0.4) is 0 Å². The first-order valence-electron chi connectivity index (χ1n) is 6.43. The Morgan fingerprint density at radius 2 is 1.94 bits per heavy atom. The minimum atomic E-state index is -0.535. The molecule has 0 radical (unpaired) electrons. The van der Waals surface area contributed by atoms with Gasteiger partial charge in [-0.15, -0.1) is 0 Å². The zero-order valence-corrected chi connectivity index (χ0v) is 11.4. The van der Waals surface area contributed by atoms with Crippen molar-refractivity contribution in [2.45, 2.75) is 64.8 Å². The van der Waals surface area contributed by atoms with E-state index in [2.05, 4.69) is 39.5 Å². The molecule has 0 aromatic heterocycles. The van der Waals surface area contributed by atoms with Gasteiger partial charge in [0.25, 0.3) is 0 Å². The second kappa shape index (κ2) is 5.03. The molecule has 1 aliphatic rings. The molecule has 1 heterocycles. The molecule has 0 bridgehead atoms. The second-order valence-corrected chi connectivity index (χ2v) is 5.79. The molecule has 0 aromatic carbocycles. The summed E-state index contributed by atoms with van der Waals surface area (Å²) in [5.41, 5.74) is -0.632. The van der Waals surface area contributed by atoms with Crippen molar-refractivity contribution in [2.24, 2.45) is 0 Å². The third kappa shape index (κ3) is 3.72. The van der Waals surface area contributed by atoms with E-state index in [1.54, 1.807) is 0 Å². The van der Waals surface area contributed by atoms with E-state index < -0.39 is 5.60 Å². The normalized spacial score (nSPS) is 27.0. The maximum absolute atomic E-state index is 10.4. The van der Waals surface area contributed by atoms with Crippen molar-refractivity contribution in [2.75, 3.05) is 19.6 Å². The fourth-order valence-electron chi connectivity index (χ4n) is 2.60. The summed E-state index contributed by atoms with van der Waals surface area (Å²) in [7, 11) is 0. The Bertz CT molecular complexity index is 224. The van der Waals surface area contributed by atoms with Crippen molar-refractivity contribution in [1.29, 1.82) is 0 Å². The van der Waals surface area contributed by atoms with Crippen LogP contribution in [-0.2, 0) is 4.74 Å². The highest BCUT2D eigenvalue weighted by atomic mass is 16.5. The number of β-amino-alcohol motifs (C(OH)–C–C–N with tert-alkyl or cyclic N) is 1. The van der Waals surface area contributed by atoms with Gasteiger partial charge in [0.1, 0.15) is 0 Å². The molecule has 96 valence electrons. The van der Waals surface area contributed by atoms with E-state index in [0.717, 1.165) is 32.5 Å². The Morgan fingerprint density at radius 3 is 2.38 bits per heavy atom. The van der Waals surface area contributed by atoms with Crippen molar-refractivity contribution >= 4 is 0 Å². The van der Waals surface area contributed by atoms with Gasteiger partial charge >= 0.3 is 0 Å². The molecule has 16 heavy (non-hydrogen) atoms. The Hall–Kier alpha value is -0.120. The molecule has 1 fully saturated rings. The zero-order valence-electron chi connectivity index (χ0n) is 11.4. The molecule has 0 amide bonds. The number of hydrogen-bond donors (Lipinski definition) is 1. The SMILES string of the molecule is CCC(O)(CC)CN1CC(C)OC(C)(C)C1. The summed E-state index contributed by atoms with van der Waals surface area (Å²) in [6, 6.07) is 0. The van der Waals surface area contributed by atoms with Gasteiger partial charge in [-0.05, 0) is 33.6 Å². The quantitative estimate of drug-likeness (QED) is 0.800. The molecule has 1 saturated heterocycles. The van der Waals surface area contributed by atoms with Crippen molar-refractivity contribution in [3.05, 3.63) is 0 Å². The van der Waals surface area contributed by atoms with Crippen LogP contribution in [0, 0.1) is 0 Å². The first-order chi connectivity index (χ1) is 7.30. The van der Waals surface area contributed by atoms with Crippen LogP contribution in [-0.4, -0.2) is 46.9 Å². The van der Waals surface area contributed by atoms with Crippen molar-refractivity contribution in [3.8, 4) is 0 Å². The maximum Gasteiger partial charge on any atom is 0.0768 e. The van der Waals surface area contributed by atoms with Gasteiger partial charge in [-0.2, -0.15) is 0 Å². The van der Waals surface area contributed by atoms with Crippen molar-refractivity contribution in [3.63, 3.8) is 0 Å². The van der Waals surface area contributed by atoms with Crippen LogP contribution in [0.15, 0.2) is 0 Å². The number of nitrogens with zero attached hydrogens (tertiary/aromatic N) is 1. The lowest BCUT2D eigenvalue weighted by atomic mass is 9.95. The highest BCUT2D eigenvalue weighted by Crippen LogP contribution is 2.24. The first kappa shape index (κ1) is 13.9. The molecule has 0 spiro atoms. The monoisotopic (exact) mass is 229 g/mol. The molecular formula is C13H27NO2. The summed E-state index contributed by atoms with van der Waals surface area (Å²) in [4.78, 5) is 2.33. The molecule has 0 aliphatic carbocycles. The van der Waals surface area contributed by atoms with Crippen LogP contribution in [0.4, 0.5) is 0 Å². The molecule has 1 N–H and O–H groups in total. The number of ether oxygens (including phenoxy) is 1. The summed E-state index contributed by atoms with van der Waals surface area (Å²) >= 11 is 0. The van der Waals surface area contributed by atoms with Gasteiger partial charge in [0, 0.05) is 19.6 Å². The Labute approximate surface area is 99.8 Å². The highest BCUT2D eigenvalue weighted by Gasteiger charge is 2.35. The molecule has 3 nitrogen and oxygen atoms in total. The lowest BCUT2D eigenvalue weighted by Gasteiger charge is -2.44. The van der Waals surface area contributed by atoms with Crippen LogP contribution in [0.1, 0.15) is 47.5 Å². The topological polar surface area (TPSA) is 32.7 Å². The fraction of sp³-hybridized carbons (Fsp3) is 1.00. The second-order valence-electron chi connectivity index (χ2n) is 5.79. The average molecular weight is 229 g/mol. The van der Waals surface area contributed by atoms with E-state index in [1.165, 1.54) is 0 Å². The van der Waals surface area contributed by atoms with E-state index in [9.17, 15) is 5.11 Å². The van der Waals surface area contributed by atoms with Crippen LogP contribution in [0.2, 0.25) is 0 Å². The summed E-state index contributed by atoms with van der Waals surface area (Å²) in [5.74, 6) is 0. The predicted octanol–water partition coefficient (Wildman–Crippen LogP) is 2.04. The van der Waals surface area contributed by atoms with E-state index in [4.69, 9.17) is 4.74 Å². The lowest BCUT2D eigenvalue weighted by Crippen LogP contribution is -2.55. The predicted molar refractivity (Wildman–Crippen MR) is 66.6 cm³/mol. The number of rotatable bonds is 4. The molecule has 1 rings (SSSR count). The molecule has 0 saturated carbocycles. The summed E-state index contributed by atoms with van der Waals surface area (Å²) in [5, 5.41) is 10.4. The summed E-state index contributed by atoms with van der Waals surface area (Å²) < 4.78 is 5.86. The lowest BCUT2D eigenvalue weighted by molar-refractivity contribution is -0.142. The van der Waals surface area contributed by atoms with Gasteiger partial charge in [0.05, 0.1) is 17.3 Å². The third-order valence-corrected chi connectivity index (χ3v) is 3.47. The molecule has 3 heteroatoms. The fourth-order valence-corrected chi connectivity index (χ4v) is 2.60. The van der Waals surface area contributed by atoms with E-state index in [0.29, 0.717) is 0 Å². The average Bonchev–Trinajstić information content (AvgIpc) is 2.14. The van der Waals surface area contributed by atoms with Crippen molar-refractivity contribution in [1.82, 2.24) is 4.90 Å². The molecule has 0 aromatic rings. The van der Waals surface area contributed by atoms with Gasteiger partial charge in [0.2, 0.25) is 0 Å². The molecule has 1 aliphatic heterocycles. The number of hydrogen-bond acceptors (Lipinski definition) is 3. The van der Waals surface area contributed by atoms with E-state index >= 15 is 0 Å². The number of aliphatic hydroxyl groups is 1. The Kier molecular flexibility index (Phi) is 4.38. The van der Waals surface area contributed by atoms with Gasteiger partial charge in [-0.3, -0.25) is 4.90 Å². The minimum Gasteiger partial charge on any atom is -0.389 e. The van der Waals surface area contributed by atoms with Crippen molar-refractivity contribution < 1.29 is 9.84 Å². The molecular weight excluding hydrogens is 202 g/mol. The van der Waals surface area contributed by atoms with Crippen LogP contribution < -0.4 is 0 Å². The van der Waals surface area contributed by atoms with Gasteiger partial charge < -0.3 is 9.84 Å². The van der Waals surface area contributed by atoms with E-state index in [-0.39, 0.29) is 11.7 Å². The standard InChI is InChI=1S/C13H27NO2/c1-6-13(15,7-2)10-14-8-11(3)16-12(4,5)9-14/h11,15H,6-10H2,1-5H3. The largest absolute Gasteiger partial charge is 0.389 e. The molecule has 1 unspecified atom stereocenters. The van der Waals surface area contributed by atoms with Crippen LogP contribution >= 0.6 is 0 Å². The summed E-state index contributed by atoms with van der Waals surface area (Å²) in [6.07, 6.45) is 1.88. The Balaban J connectivity index is 2.60. The maximum atomic E-state index is 10.4. The first-order valence-corrected chi connectivity index (χ1v) is 6.43. The molecule has 1 atom stereocenters. The Morgan fingerprint density at radius 1 is 1.38 bits per heavy atom.